The van der Waals surface area contributed by atoms with Gasteiger partial charge in [0.2, 0.25) is 5.91 Å². The minimum Gasteiger partial charge on any atom is -0.365 e. The number of rotatable bonds is 3. The maximum absolute atomic E-state index is 11.9. The van der Waals surface area contributed by atoms with Crippen LogP contribution in [0.3, 0.4) is 0 Å². The van der Waals surface area contributed by atoms with Crippen LogP contribution < -0.4 is 5.73 Å². The Hall–Kier alpha value is -0.650. The van der Waals surface area contributed by atoms with E-state index in [0.29, 0.717) is 19.1 Å². The molecule has 2 heterocycles. The van der Waals surface area contributed by atoms with Crippen molar-refractivity contribution in [1.82, 2.24) is 9.80 Å². The molecule has 98 valence electrons. The van der Waals surface area contributed by atoms with E-state index in [9.17, 15) is 4.79 Å². The molecule has 2 fully saturated rings. The largest absolute Gasteiger partial charge is 0.365 e. The van der Waals surface area contributed by atoms with Gasteiger partial charge < -0.3 is 15.4 Å². The maximum Gasteiger partial charge on any atom is 0.249 e. The predicted octanol–water partition coefficient (Wildman–Crippen LogP) is 0.00280. The SMILES string of the molecule is CC(C)N1CCCC1N1CC(CN)OCC1=O. The summed E-state index contributed by atoms with van der Waals surface area (Å²) >= 11 is 0. The van der Waals surface area contributed by atoms with Crippen LogP contribution in [0.15, 0.2) is 0 Å². The first-order chi connectivity index (χ1) is 8.13. The fourth-order valence-electron chi connectivity index (χ4n) is 2.78. The van der Waals surface area contributed by atoms with Crippen molar-refractivity contribution in [3.8, 4) is 0 Å². The van der Waals surface area contributed by atoms with E-state index in [0.717, 1.165) is 13.0 Å². The van der Waals surface area contributed by atoms with Crippen LogP contribution in [0.1, 0.15) is 26.7 Å². The van der Waals surface area contributed by atoms with Crippen LogP contribution in [0.2, 0.25) is 0 Å². The predicted molar refractivity (Wildman–Crippen MR) is 65.4 cm³/mol. The van der Waals surface area contributed by atoms with Crippen molar-refractivity contribution in [1.29, 1.82) is 0 Å². The normalized spacial score (nSPS) is 31.5. The molecule has 2 atom stereocenters. The lowest BCUT2D eigenvalue weighted by atomic mass is 10.2. The van der Waals surface area contributed by atoms with E-state index in [4.69, 9.17) is 10.5 Å². The van der Waals surface area contributed by atoms with Gasteiger partial charge >= 0.3 is 0 Å². The molecule has 2 aliphatic rings. The molecule has 5 heteroatoms. The number of likely N-dealkylation sites (tertiary alicyclic amines) is 1. The summed E-state index contributed by atoms with van der Waals surface area (Å²) in [7, 11) is 0. The van der Waals surface area contributed by atoms with Crippen LogP contribution >= 0.6 is 0 Å². The third-order valence-corrected chi connectivity index (χ3v) is 3.71. The standard InChI is InChI=1S/C12H23N3O2/c1-9(2)14-5-3-4-11(14)15-7-10(6-13)17-8-12(15)16/h9-11H,3-8,13H2,1-2H3. The molecule has 2 rings (SSSR count). The average Bonchev–Trinajstić information content (AvgIpc) is 2.78. The molecule has 0 aromatic carbocycles. The van der Waals surface area contributed by atoms with Crippen molar-refractivity contribution < 1.29 is 9.53 Å². The summed E-state index contributed by atoms with van der Waals surface area (Å²) in [5, 5.41) is 0. The molecule has 0 bridgehead atoms. The quantitative estimate of drug-likeness (QED) is 0.756. The highest BCUT2D eigenvalue weighted by molar-refractivity contribution is 5.78. The number of carbonyl (C=O) groups excluding carboxylic acids is 1. The van der Waals surface area contributed by atoms with Crippen LogP contribution in [-0.2, 0) is 9.53 Å². The van der Waals surface area contributed by atoms with E-state index in [1.54, 1.807) is 0 Å². The molecule has 0 radical (unpaired) electrons. The zero-order chi connectivity index (χ0) is 12.4. The van der Waals surface area contributed by atoms with E-state index in [1.807, 2.05) is 4.90 Å². The Labute approximate surface area is 103 Å². The lowest BCUT2D eigenvalue weighted by molar-refractivity contribution is -0.156. The molecule has 2 aliphatic heterocycles. The van der Waals surface area contributed by atoms with E-state index >= 15 is 0 Å². The number of carbonyl (C=O) groups is 1. The van der Waals surface area contributed by atoms with Crippen LogP contribution in [-0.4, -0.2) is 60.3 Å². The second-order valence-corrected chi connectivity index (χ2v) is 5.17. The molecule has 0 aromatic heterocycles. The van der Waals surface area contributed by atoms with E-state index < -0.39 is 0 Å². The minimum absolute atomic E-state index is 0.00214. The van der Waals surface area contributed by atoms with Gasteiger partial charge in [-0.3, -0.25) is 9.69 Å². The van der Waals surface area contributed by atoms with Crippen LogP contribution in [0.4, 0.5) is 0 Å². The Morgan fingerprint density at radius 2 is 2.29 bits per heavy atom. The molecule has 5 nitrogen and oxygen atoms in total. The van der Waals surface area contributed by atoms with E-state index in [-0.39, 0.29) is 24.8 Å². The van der Waals surface area contributed by atoms with Gasteiger partial charge in [-0.15, -0.1) is 0 Å². The third kappa shape index (κ3) is 2.61. The second kappa shape index (κ2) is 5.33. The summed E-state index contributed by atoms with van der Waals surface area (Å²) in [6, 6.07) is 0.481. The molecule has 0 aliphatic carbocycles. The molecule has 17 heavy (non-hydrogen) atoms. The van der Waals surface area contributed by atoms with Gasteiger partial charge in [0.05, 0.1) is 12.3 Å². The van der Waals surface area contributed by atoms with Gasteiger partial charge in [0, 0.05) is 25.7 Å². The van der Waals surface area contributed by atoms with Crippen molar-refractivity contribution in [3.05, 3.63) is 0 Å². The van der Waals surface area contributed by atoms with Crippen molar-refractivity contribution in [2.45, 2.75) is 45.0 Å². The zero-order valence-electron chi connectivity index (χ0n) is 10.8. The Bertz CT molecular complexity index is 283. The number of hydrogen-bond donors (Lipinski definition) is 1. The first-order valence-electron chi connectivity index (χ1n) is 6.50. The van der Waals surface area contributed by atoms with E-state index in [1.165, 1.54) is 6.42 Å². The van der Waals surface area contributed by atoms with Crippen molar-refractivity contribution in [3.63, 3.8) is 0 Å². The van der Waals surface area contributed by atoms with Gasteiger partial charge in [0.15, 0.2) is 0 Å². The second-order valence-electron chi connectivity index (χ2n) is 5.17. The van der Waals surface area contributed by atoms with Crippen molar-refractivity contribution in [2.75, 3.05) is 26.2 Å². The fraction of sp³-hybridized carbons (Fsp3) is 0.917. The highest BCUT2D eigenvalue weighted by atomic mass is 16.5. The van der Waals surface area contributed by atoms with Crippen molar-refractivity contribution in [2.24, 2.45) is 5.73 Å². The Balaban J connectivity index is 2.06. The number of nitrogens with two attached hydrogens (primary N) is 1. The van der Waals surface area contributed by atoms with Gasteiger partial charge in [-0.2, -0.15) is 0 Å². The van der Waals surface area contributed by atoms with Crippen LogP contribution in [0.25, 0.3) is 0 Å². The Kier molecular flexibility index (Phi) is 4.01. The summed E-state index contributed by atoms with van der Waals surface area (Å²) in [5.41, 5.74) is 5.63. The minimum atomic E-state index is 0.00214. The molecule has 2 saturated heterocycles. The van der Waals surface area contributed by atoms with Crippen molar-refractivity contribution >= 4 is 5.91 Å². The number of hydrogen-bond acceptors (Lipinski definition) is 4. The molecule has 0 spiro atoms. The van der Waals surface area contributed by atoms with Gasteiger partial charge in [-0.25, -0.2) is 0 Å². The molecular formula is C12H23N3O2. The van der Waals surface area contributed by atoms with Crippen LogP contribution in [0, 0.1) is 0 Å². The molecule has 2 N–H and O–H groups in total. The number of amides is 1. The summed E-state index contributed by atoms with van der Waals surface area (Å²) < 4.78 is 5.39. The molecule has 1 amide bonds. The van der Waals surface area contributed by atoms with Gasteiger partial charge in [-0.05, 0) is 26.7 Å². The molecule has 0 saturated carbocycles. The molecule has 0 aromatic rings. The number of nitrogens with zero attached hydrogens (tertiary/aromatic N) is 2. The highest BCUT2D eigenvalue weighted by Gasteiger charge is 2.37. The highest BCUT2D eigenvalue weighted by Crippen LogP contribution is 2.25. The lowest BCUT2D eigenvalue weighted by Gasteiger charge is -2.41. The zero-order valence-corrected chi connectivity index (χ0v) is 10.8. The molecule has 2 unspecified atom stereocenters. The topological polar surface area (TPSA) is 58.8 Å². The molecular weight excluding hydrogens is 218 g/mol. The fourth-order valence-corrected chi connectivity index (χ4v) is 2.78. The van der Waals surface area contributed by atoms with Crippen LogP contribution in [0.5, 0.6) is 0 Å². The third-order valence-electron chi connectivity index (χ3n) is 3.71. The Morgan fingerprint density at radius 3 is 2.94 bits per heavy atom. The smallest absolute Gasteiger partial charge is 0.249 e. The maximum atomic E-state index is 11.9. The van der Waals surface area contributed by atoms with Gasteiger partial charge in [-0.1, -0.05) is 0 Å². The summed E-state index contributed by atoms with van der Waals surface area (Å²) in [4.78, 5) is 16.3. The van der Waals surface area contributed by atoms with Gasteiger partial charge in [0.25, 0.3) is 0 Å². The summed E-state index contributed by atoms with van der Waals surface area (Å²) in [6.45, 7) is 6.76. The summed E-state index contributed by atoms with van der Waals surface area (Å²) in [6.07, 6.45) is 2.49. The number of ether oxygens (including phenoxy) is 1. The number of morpholine rings is 1. The monoisotopic (exact) mass is 241 g/mol. The van der Waals surface area contributed by atoms with E-state index in [2.05, 4.69) is 18.7 Å². The summed E-state index contributed by atoms with van der Waals surface area (Å²) in [5.74, 6) is 0.104. The van der Waals surface area contributed by atoms with Gasteiger partial charge in [0.1, 0.15) is 6.61 Å². The first kappa shape index (κ1) is 12.8. The lowest BCUT2D eigenvalue weighted by Crippen LogP contribution is -2.57. The first-order valence-corrected chi connectivity index (χ1v) is 6.50. The average molecular weight is 241 g/mol. The Morgan fingerprint density at radius 1 is 1.53 bits per heavy atom.